The summed E-state index contributed by atoms with van der Waals surface area (Å²) in [6.07, 6.45) is 10.9. The number of likely N-dealkylation sites (N-methyl/N-ethyl adjacent to an activating group) is 1. The molecule has 4 atom stereocenters. The Morgan fingerprint density at radius 1 is 0.770 bits per heavy atom. The molecular formula is C67H86N10O9S. The van der Waals surface area contributed by atoms with E-state index in [0.717, 1.165) is 150 Å². The molecule has 20 heteroatoms. The quantitative estimate of drug-likeness (QED) is 0.0363. The van der Waals surface area contributed by atoms with Crippen LogP contribution in [0.5, 0.6) is 17.5 Å². The lowest BCUT2D eigenvalue weighted by atomic mass is 9.83. The fraction of sp³-hybridized carbons (Fsp3) is 0.522. The molecule has 11 rings (SSSR count). The molecule has 4 aliphatic heterocycles. The number of aromatic hydroxyl groups is 1. The summed E-state index contributed by atoms with van der Waals surface area (Å²) in [5.74, 6) is 1.84. The molecule has 3 saturated heterocycles. The lowest BCUT2D eigenvalue weighted by molar-refractivity contribution is -0.139. The Hall–Kier alpha value is -6.94. The SMILES string of the molecule is C=CC(=O)N1CCN(c2nc(O[C@H](C)CN3CCC(OCCOCCOCCOc4ccc(-c5csc([C@@H]6CCCN6C(=O)[C@@H](NC(=O)C(C)NC)C6CCCCC6)n5)c5ccccc45)CC3)nc3c2CCN(c2cc(O)cc4ccccc24)C3)CC1. The molecule has 2 aromatic heterocycles. The van der Waals surface area contributed by atoms with Crippen LogP contribution in [0.1, 0.15) is 93.9 Å². The van der Waals surface area contributed by atoms with E-state index >= 15 is 0 Å². The number of fused-ring (bicyclic) bond motifs is 3. The van der Waals surface area contributed by atoms with Gasteiger partial charge in [-0.2, -0.15) is 9.97 Å². The molecule has 1 aliphatic carbocycles. The second-order valence-corrected chi connectivity index (χ2v) is 24.7. The third kappa shape index (κ3) is 15.0. The second kappa shape index (κ2) is 29.4. The van der Waals surface area contributed by atoms with Gasteiger partial charge in [0.25, 0.3) is 0 Å². The van der Waals surface area contributed by atoms with Crippen LogP contribution in [0.25, 0.3) is 32.8 Å². The van der Waals surface area contributed by atoms with Crippen molar-refractivity contribution in [3.8, 4) is 28.8 Å². The van der Waals surface area contributed by atoms with Crippen LogP contribution in [0.3, 0.4) is 0 Å². The first-order valence-corrected chi connectivity index (χ1v) is 32.5. The number of nitrogens with one attached hydrogen (secondary N) is 2. The summed E-state index contributed by atoms with van der Waals surface area (Å²) in [4.78, 5) is 66.1. The molecule has 0 radical (unpaired) electrons. The molecule has 1 saturated carbocycles. The smallest absolute Gasteiger partial charge is 0.318 e. The van der Waals surface area contributed by atoms with Crippen molar-refractivity contribution in [3.05, 3.63) is 107 Å². The standard InChI is InChI=1S/C67H86N10O9S/c1-5-61(79)74-30-32-75(33-31-74)63-55-25-29-76(59-41-49(78)40-48-16-9-10-17-51(48)59)43-56(55)70-67(72-63)86-45(2)42-73-27-23-50(24-28-73)84-38-36-82-34-35-83-37-39-85-60-22-21-53(52-18-11-12-19-54(52)60)57-44-87-65(69-57)58-20-13-26-77(58)66(81)62(47-14-7-6-8-15-47)71-64(80)46(3)68-4/h5,9-12,16-19,21-22,40-41,44-47,50,58,62,68,78H,1,6-8,13-15,20,23-39,42-43H2,2-4H3,(H,71,80)/t45-,46?,58+,62+/m1/s1. The molecule has 1 unspecified atom stereocenters. The van der Waals surface area contributed by atoms with E-state index in [4.69, 9.17) is 38.6 Å². The van der Waals surface area contributed by atoms with Crippen molar-refractivity contribution < 1.29 is 43.2 Å². The van der Waals surface area contributed by atoms with Gasteiger partial charge in [-0.15, -0.1) is 11.3 Å². The minimum atomic E-state index is -0.531. The predicted octanol–water partition coefficient (Wildman–Crippen LogP) is 8.71. The van der Waals surface area contributed by atoms with Crippen molar-refractivity contribution in [2.24, 2.45) is 5.92 Å². The number of thiazole rings is 1. The molecule has 6 aromatic rings. The Bertz CT molecular complexity index is 3320. The lowest BCUT2D eigenvalue weighted by Crippen LogP contribution is -2.55. The third-order valence-corrected chi connectivity index (χ3v) is 19.0. The zero-order chi connectivity index (χ0) is 60.2. The molecule has 0 bridgehead atoms. The van der Waals surface area contributed by atoms with Crippen LogP contribution in [0.2, 0.25) is 0 Å². The second-order valence-electron chi connectivity index (χ2n) is 23.8. The first-order valence-electron chi connectivity index (χ1n) is 31.6. The van der Waals surface area contributed by atoms with Crippen molar-refractivity contribution in [2.75, 3.05) is 115 Å². The van der Waals surface area contributed by atoms with Gasteiger partial charge in [0.1, 0.15) is 41.1 Å². The maximum atomic E-state index is 14.4. The number of likely N-dealkylation sites (tertiary alicyclic amines) is 2. The van der Waals surface area contributed by atoms with Gasteiger partial charge in [-0.3, -0.25) is 19.3 Å². The highest BCUT2D eigenvalue weighted by molar-refractivity contribution is 7.10. The van der Waals surface area contributed by atoms with Crippen LogP contribution >= 0.6 is 11.3 Å². The Kier molecular flexibility index (Phi) is 20.8. The number of phenols is 1. The van der Waals surface area contributed by atoms with E-state index in [1.165, 1.54) is 12.5 Å². The van der Waals surface area contributed by atoms with Crippen LogP contribution in [0, 0.1) is 5.92 Å². The van der Waals surface area contributed by atoms with Crippen LogP contribution in [0.4, 0.5) is 11.5 Å². The number of anilines is 2. The molecule has 3 amide bonds. The molecule has 3 N–H and O–H groups in total. The summed E-state index contributed by atoms with van der Waals surface area (Å²) in [5, 5.41) is 24.0. The van der Waals surface area contributed by atoms with Gasteiger partial charge in [-0.05, 0) is 107 Å². The normalized spacial score (nSPS) is 19.0. The van der Waals surface area contributed by atoms with Crippen molar-refractivity contribution >= 4 is 62.1 Å². The average molecular weight is 1210 g/mol. The van der Waals surface area contributed by atoms with Gasteiger partial charge in [0.05, 0.1) is 69.2 Å². The highest BCUT2D eigenvalue weighted by Crippen LogP contribution is 2.41. The molecule has 5 aliphatic rings. The molecule has 6 heterocycles. The van der Waals surface area contributed by atoms with Crippen molar-refractivity contribution in [1.29, 1.82) is 0 Å². The number of carbonyl (C=O) groups is 3. The number of piperazine rings is 1. The zero-order valence-electron chi connectivity index (χ0n) is 50.8. The van der Waals surface area contributed by atoms with Gasteiger partial charge >= 0.3 is 6.01 Å². The number of benzene rings is 4. The van der Waals surface area contributed by atoms with E-state index in [-0.39, 0.29) is 53.7 Å². The first kappa shape index (κ1) is 61.7. The van der Waals surface area contributed by atoms with Crippen LogP contribution in [-0.4, -0.2) is 182 Å². The molecule has 4 aromatic carbocycles. The van der Waals surface area contributed by atoms with Gasteiger partial charge in [-0.1, -0.05) is 74.4 Å². The fourth-order valence-corrected chi connectivity index (χ4v) is 14.2. The predicted molar refractivity (Wildman–Crippen MR) is 340 cm³/mol. The number of amides is 3. The van der Waals surface area contributed by atoms with E-state index in [1.807, 2.05) is 59.2 Å². The Morgan fingerprint density at radius 3 is 2.28 bits per heavy atom. The van der Waals surface area contributed by atoms with Gasteiger partial charge in [0.15, 0.2) is 0 Å². The minimum Gasteiger partial charge on any atom is -0.508 e. The van der Waals surface area contributed by atoms with Gasteiger partial charge < -0.3 is 59.0 Å². The molecule has 87 heavy (non-hydrogen) atoms. The number of carbonyl (C=O) groups excluding carboxylic acids is 3. The maximum absolute atomic E-state index is 14.4. The zero-order valence-corrected chi connectivity index (χ0v) is 51.7. The van der Waals surface area contributed by atoms with Crippen LogP contribution in [0.15, 0.2) is 90.8 Å². The number of ether oxygens (including phenoxy) is 5. The molecule has 19 nitrogen and oxygen atoms in total. The summed E-state index contributed by atoms with van der Waals surface area (Å²) < 4.78 is 30.9. The number of hydrogen-bond acceptors (Lipinski definition) is 17. The Balaban J connectivity index is 0.599. The first-order chi connectivity index (χ1) is 42.5. The van der Waals surface area contributed by atoms with Gasteiger partial charge in [0.2, 0.25) is 17.7 Å². The average Bonchev–Trinajstić information content (AvgIpc) is 2.35. The van der Waals surface area contributed by atoms with E-state index in [2.05, 4.69) is 68.5 Å². The Morgan fingerprint density at radius 2 is 1.51 bits per heavy atom. The Labute approximate surface area is 515 Å². The number of nitrogens with zero attached hydrogens (tertiary/aromatic N) is 8. The van der Waals surface area contributed by atoms with Gasteiger partial charge in [-0.25, -0.2) is 4.98 Å². The van der Waals surface area contributed by atoms with Crippen molar-refractivity contribution in [3.63, 3.8) is 0 Å². The summed E-state index contributed by atoms with van der Waals surface area (Å²) >= 11 is 1.60. The van der Waals surface area contributed by atoms with Crippen molar-refractivity contribution in [2.45, 2.75) is 115 Å². The van der Waals surface area contributed by atoms with Gasteiger partial charge in [0, 0.05) is 97.9 Å². The summed E-state index contributed by atoms with van der Waals surface area (Å²) in [7, 11) is 1.77. The number of phenolic OH excluding ortho intramolecular Hbond substituents is 1. The van der Waals surface area contributed by atoms with E-state index in [9.17, 15) is 19.5 Å². The number of rotatable bonds is 25. The van der Waals surface area contributed by atoms with Crippen LogP contribution < -0.4 is 29.9 Å². The number of piperidine rings is 1. The van der Waals surface area contributed by atoms with Crippen LogP contribution in [-0.2, 0) is 41.6 Å². The lowest BCUT2D eigenvalue weighted by Gasteiger charge is -2.38. The summed E-state index contributed by atoms with van der Waals surface area (Å²) in [5.41, 5.74) is 4.87. The van der Waals surface area contributed by atoms with E-state index in [0.29, 0.717) is 84.9 Å². The summed E-state index contributed by atoms with van der Waals surface area (Å²) in [6, 6.07) is 23.4. The molecule has 0 spiro atoms. The minimum absolute atomic E-state index is 0.0167. The molecule has 4 fully saturated rings. The maximum Gasteiger partial charge on any atom is 0.318 e. The van der Waals surface area contributed by atoms with E-state index in [1.54, 1.807) is 24.5 Å². The van der Waals surface area contributed by atoms with Crippen molar-refractivity contribution in [1.82, 2.24) is 40.3 Å². The topological polar surface area (TPSA) is 197 Å². The monoisotopic (exact) mass is 1210 g/mol. The number of aromatic nitrogens is 3. The highest BCUT2D eigenvalue weighted by Gasteiger charge is 2.40. The summed E-state index contributed by atoms with van der Waals surface area (Å²) in [6.45, 7) is 17.3. The number of hydrogen-bond donors (Lipinski definition) is 3. The largest absolute Gasteiger partial charge is 0.508 e. The third-order valence-electron chi connectivity index (χ3n) is 18.1. The van der Waals surface area contributed by atoms with E-state index < -0.39 is 6.04 Å². The molecular weight excluding hydrogens is 1120 g/mol. The highest BCUT2D eigenvalue weighted by atomic mass is 32.1. The fourth-order valence-electron chi connectivity index (χ4n) is 13.3. The molecule has 464 valence electrons.